The maximum atomic E-state index is 13.4. The number of allylic oxidation sites excluding steroid dienone is 2. The molecule has 0 amide bonds. The number of hydrogen-bond donors (Lipinski definition) is 1. The lowest BCUT2D eigenvalue weighted by Gasteiger charge is -2.33. The second-order valence-corrected chi connectivity index (χ2v) is 8.38. The SMILES string of the molecule is CCOC(=O)C1=C(C)NC(C)=C(C(=O)OC2CCN(C)CC2)[C@H]1c1ccc2c(c1)OCO2. The zero-order valence-corrected chi connectivity index (χ0v) is 19.0. The van der Waals surface area contributed by atoms with Crippen LogP contribution in [0.1, 0.15) is 45.1 Å². The molecule has 0 aromatic heterocycles. The number of benzene rings is 1. The van der Waals surface area contributed by atoms with Crippen LogP contribution in [0.5, 0.6) is 11.5 Å². The van der Waals surface area contributed by atoms with E-state index in [1.165, 1.54) is 0 Å². The van der Waals surface area contributed by atoms with E-state index in [1.807, 2.05) is 26.0 Å². The van der Waals surface area contributed by atoms with Crippen LogP contribution in [0.4, 0.5) is 0 Å². The lowest BCUT2D eigenvalue weighted by atomic mass is 9.80. The van der Waals surface area contributed by atoms with E-state index in [9.17, 15) is 9.59 Å². The summed E-state index contributed by atoms with van der Waals surface area (Å²) in [5, 5.41) is 3.19. The average molecular weight is 443 g/mol. The molecule has 1 saturated heterocycles. The molecule has 8 nitrogen and oxygen atoms in total. The molecule has 0 saturated carbocycles. The van der Waals surface area contributed by atoms with Crippen LogP contribution in [0.15, 0.2) is 40.7 Å². The summed E-state index contributed by atoms with van der Waals surface area (Å²) < 4.78 is 22.3. The van der Waals surface area contributed by atoms with E-state index < -0.39 is 17.9 Å². The van der Waals surface area contributed by atoms with Gasteiger partial charge in [0.1, 0.15) is 6.10 Å². The third-order valence-corrected chi connectivity index (χ3v) is 6.14. The van der Waals surface area contributed by atoms with Gasteiger partial charge < -0.3 is 29.2 Å². The van der Waals surface area contributed by atoms with Crippen molar-refractivity contribution < 1.29 is 28.5 Å². The first-order chi connectivity index (χ1) is 15.4. The van der Waals surface area contributed by atoms with Gasteiger partial charge in [-0.3, -0.25) is 0 Å². The van der Waals surface area contributed by atoms with Gasteiger partial charge in [-0.15, -0.1) is 0 Å². The minimum Gasteiger partial charge on any atom is -0.463 e. The summed E-state index contributed by atoms with van der Waals surface area (Å²) >= 11 is 0. The number of esters is 2. The highest BCUT2D eigenvalue weighted by atomic mass is 16.7. The standard InChI is InChI=1S/C24H30N2O6/c1-5-29-23(27)20-14(2)25-15(3)21(24(28)32-17-8-10-26(4)11-9-17)22(20)16-6-7-18-19(12-16)31-13-30-18/h6-7,12,17,22,25H,5,8-11,13H2,1-4H3/t22-/m0/s1. The summed E-state index contributed by atoms with van der Waals surface area (Å²) in [6, 6.07) is 5.47. The zero-order chi connectivity index (χ0) is 22.8. The van der Waals surface area contributed by atoms with Gasteiger partial charge in [-0.05, 0) is 58.4 Å². The van der Waals surface area contributed by atoms with E-state index in [0.29, 0.717) is 34.0 Å². The molecule has 1 aromatic rings. The van der Waals surface area contributed by atoms with Gasteiger partial charge in [-0.25, -0.2) is 9.59 Å². The molecule has 4 rings (SSSR count). The largest absolute Gasteiger partial charge is 0.463 e. The Balaban J connectivity index is 1.71. The molecule has 32 heavy (non-hydrogen) atoms. The van der Waals surface area contributed by atoms with Crippen LogP contribution >= 0.6 is 0 Å². The Kier molecular flexibility index (Phi) is 6.41. The fourth-order valence-electron chi connectivity index (χ4n) is 4.49. The number of ether oxygens (including phenoxy) is 4. The second kappa shape index (κ2) is 9.24. The number of dihydropyridines is 1. The van der Waals surface area contributed by atoms with Crippen molar-refractivity contribution in [2.45, 2.75) is 45.6 Å². The topological polar surface area (TPSA) is 86.3 Å². The van der Waals surface area contributed by atoms with Crippen LogP contribution in [0, 0.1) is 0 Å². The molecular formula is C24H30N2O6. The summed E-state index contributed by atoms with van der Waals surface area (Å²) in [5.74, 6) is -0.290. The van der Waals surface area contributed by atoms with Crippen molar-refractivity contribution in [2.75, 3.05) is 33.5 Å². The normalized spacial score (nSPS) is 21.4. The maximum absolute atomic E-state index is 13.4. The van der Waals surface area contributed by atoms with E-state index in [0.717, 1.165) is 31.5 Å². The fraction of sp³-hybridized carbons (Fsp3) is 0.500. The number of likely N-dealkylation sites (tertiary alicyclic amines) is 1. The molecule has 1 fully saturated rings. The molecule has 3 heterocycles. The van der Waals surface area contributed by atoms with E-state index >= 15 is 0 Å². The minimum absolute atomic E-state index is 0.143. The van der Waals surface area contributed by atoms with Crippen molar-refractivity contribution in [3.63, 3.8) is 0 Å². The van der Waals surface area contributed by atoms with Gasteiger partial charge in [0.15, 0.2) is 11.5 Å². The fourth-order valence-corrected chi connectivity index (χ4v) is 4.49. The number of nitrogens with one attached hydrogen (secondary N) is 1. The smallest absolute Gasteiger partial charge is 0.337 e. The first kappa shape index (κ1) is 22.2. The van der Waals surface area contributed by atoms with Gasteiger partial charge in [0.05, 0.1) is 23.7 Å². The molecule has 3 aliphatic heterocycles. The van der Waals surface area contributed by atoms with Gasteiger partial charge >= 0.3 is 11.9 Å². The Morgan fingerprint density at radius 1 is 1.06 bits per heavy atom. The third kappa shape index (κ3) is 4.32. The Bertz CT molecular complexity index is 975. The summed E-state index contributed by atoms with van der Waals surface area (Å²) in [6.45, 7) is 7.55. The first-order valence-electron chi connectivity index (χ1n) is 11.0. The van der Waals surface area contributed by atoms with E-state index in [2.05, 4.69) is 17.3 Å². The molecule has 1 atom stereocenters. The molecule has 8 heteroatoms. The van der Waals surface area contributed by atoms with E-state index in [-0.39, 0.29) is 19.5 Å². The van der Waals surface area contributed by atoms with E-state index in [1.54, 1.807) is 13.0 Å². The highest BCUT2D eigenvalue weighted by Gasteiger charge is 2.39. The van der Waals surface area contributed by atoms with Crippen molar-refractivity contribution in [1.29, 1.82) is 0 Å². The molecule has 0 spiro atoms. The molecule has 0 aliphatic carbocycles. The Labute approximate surface area is 188 Å². The predicted molar refractivity (Wildman–Crippen MR) is 117 cm³/mol. The van der Waals surface area contributed by atoms with Crippen LogP contribution in [-0.4, -0.2) is 56.5 Å². The lowest BCUT2D eigenvalue weighted by Crippen LogP contribution is -2.37. The van der Waals surface area contributed by atoms with Gasteiger partial charge in [-0.2, -0.15) is 0 Å². The average Bonchev–Trinajstić information content (AvgIpc) is 3.22. The monoisotopic (exact) mass is 442 g/mol. The van der Waals surface area contributed by atoms with Gasteiger partial charge in [-0.1, -0.05) is 6.07 Å². The van der Waals surface area contributed by atoms with Crippen LogP contribution in [-0.2, 0) is 19.1 Å². The van der Waals surface area contributed by atoms with Crippen LogP contribution in [0.2, 0.25) is 0 Å². The number of carbonyl (C=O) groups excluding carboxylic acids is 2. The van der Waals surface area contributed by atoms with Gasteiger partial charge in [0, 0.05) is 24.5 Å². The molecule has 0 unspecified atom stereocenters. The quantitative estimate of drug-likeness (QED) is 0.697. The molecule has 1 N–H and O–H groups in total. The van der Waals surface area contributed by atoms with Crippen LogP contribution in [0.25, 0.3) is 0 Å². The second-order valence-electron chi connectivity index (χ2n) is 8.38. The summed E-state index contributed by atoms with van der Waals surface area (Å²) in [6.07, 6.45) is 1.43. The number of fused-ring (bicyclic) bond motifs is 1. The summed E-state index contributed by atoms with van der Waals surface area (Å²) in [4.78, 5) is 28.6. The number of rotatable bonds is 5. The van der Waals surface area contributed by atoms with Crippen molar-refractivity contribution >= 4 is 11.9 Å². The molecular weight excluding hydrogens is 412 g/mol. The highest BCUT2D eigenvalue weighted by Crippen LogP contribution is 2.43. The van der Waals surface area contributed by atoms with Crippen LogP contribution in [0.3, 0.4) is 0 Å². The third-order valence-electron chi connectivity index (χ3n) is 6.14. The number of piperidine rings is 1. The Morgan fingerprint density at radius 3 is 2.41 bits per heavy atom. The van der Waals surface area contributed by atoms with Crippen molar-refractivity contribution in [3.8, 4) is 11.5 Å². The van der Waals surface area contributed by atoms with Crippen molar-refractivity contribution in [2.24, 2.45) is 0 Å². The Hall–Kier alpha value is -3.00. The predicted octanol–water partition coefficient (Wildman–Crippen LogP) is 2.85. The maximum Gasteiger partial charge on any atom is 0.337 e. The van der Waals surface area contributed by atoms with Gasteiger partial charge in [0.25, 0.3) is 0 Å². The summed E-state index contributed by atoms with van der Waals surface area (Å²) in [7, 11) is 2.06. The number of carbonyl (C=O) groups is 2. The summed E-state index contributed by atoms with van der Waals surface area (Å²) in [5.41, 5.74) is 2.87. The first-order valence-corrected chi connectivity index (χ1v) is 11.0. The van der Waals surface area contributed by atoms with Crippen LogP contribution < -0.4 is 14.8 Å². The van der Waals surface area contributed by atoms with E-state index in [4.69, 9.17) is 18.9 Å². The molecule has 3 aliphatic rings. The molecule has 172 valence electrons. The van der Waals surface area contributed by atoms with Gasteiger partial charge in [0.2, 0.25) is 6.79 Å². The van der Waals surface area contributed by atoms with Crippen molar-refractivity contribution in [3.05, 3.63) is 46.3 Å². The van der Waals surface area contributed by atoms with Crippen molar-refractivity contribution in [1.82, 2.24) is 10.2 Å². The molecule has 0 bridgehead atoms. The Morgan fingerprint density at radius 2 is 1.72 bits per heavy atom. The molecule has 0 radical (unpaired) electrons. The minimum atomic E-state index is -0.636. The number of nitrogens with zero attached hydrogens (tertiary/aromatic N) is 1. The zero-order valence-electron chi connectivity index (χ0n) is 19.0. The molecule has 1 aromatic carbocycles. The lowest BCUT2D eigenvalue weighted by molar-refractivity contribution is -0.146. The number of hydrogen-bond acceptors (Lipinski definition) is 8. The highest BCUT2D eigenvalue weighted by molar-refractivity contribution is 6.00.